The van der Waals surface area contributed by atoms with Gasteiger partial charge in [0.1, 0.15) is 6.61 Å². The molecule has 0 fully saturated rings. The van der Waals surface area contributed by atoms with Crippen LogP contribution in [0.15, 0.2) is 97.2 Å². The Kier molecular flexibility index (Phi) is 55.4. The summed E-state index contributed by atoms with van der Waals surface area (Å²) in [5, 5.41) is 0. The largest absolute Gasteiger partial charge is 0.462 e. The van der Waals surface area contributed by atoms with Gasteiger partial charge < -0.3 is 14.2 Å². The van der Waals surface area contributed by atoms with Crippen molar-refractivity contribution in [1.82, 2.24) is 0 Å². The summed E-state index contributed by atoms with van der Waals surface area (Å²) >= 11 is 0. The van der Waals surface area contributed by atoms with E-state index >= 15 is 0 Å². The van der Waals surface area contributed by atoms with Crippen LogP contribution in [0.25, 0.3) is 0 Å². The van der Waals surface area contributed by atoms with Crippen LogP contribution in [0.4, 0.5) is 0 Å². The van der Waals surface area contributed by atoms with Crippen molar-refractivity contribution in [2.45, 2.75) is 271 Å². The van der Waals surface area contributed by atoms with Crippen LogP contribution in [0.3, 0.4) is 0 Å². The van der Waals surface area contributed by atoms with Crippen molar-refractivity contribution in [2.24, 2.45) is 0 Å². The van der Waals surface area contributed by atoms with Crippen LogP contribution >= 0.6 is 0 Å². The predicted molar refractivity (Wildman–Crippen MR) is 297 cm³/mol. The van der Waals surface area contributed by atoms with Gasteiger partial charge in [0.15, 0.2) is 6.10 Å². The fraction of sp³-hybridized carbons (Fsp3) is 0.714. The van der Waals surface area contributed by atoms with E-state index in [0.717, 1.165) is 70.6 Å². The third-order valence-corrected chi connectivity index (χ3v) is 12.1. The monoisotopic (exact) mass is 945 g/mol. The molecule has 0 rings (SSSR count). The summed E-state index contributed by atoms with van der Waals surface area (Å²) in [6, 6.07) is 0. The van der Waals surface area contributed by atoms with Gasteiger partial charge in [-0.1, -0.05) is 240 Å². The second-order valence-corrected chi connectivity index (χ2v) is 18.8. The molecule has 0 aliphatic heterocycles. The molecule has 0 aliphatic rings. The molecule has 68 heavy (non-hydrogen) atoms. The van der Waals surface area contributed by atoms with Gasteiger partial charge in [-0.2, -0.15) is 0 Å². The Morgan fingerprint density at radius 2 is 0.691 bits per heavy atom. The molecule has 5 nitrogen and oxygen atoms in total. The number of ether oxygens (including phenoxy) is 3. The van der Waals surface area contributed by atoms with Crippen LogP contribution < -0.4 is 0 Å². The van der Waals surface area contributed by atoms with Gasteiger partial charge in [-0.15, -0.1) is 0 Å². The van der Waals surface area contributed by atoms with Gasteiger partial charge in [-0.25, -0.2) is 0 Å². The number of carbonyl (C=O) groups is 2. The van der Waals surface area contributed by atoms with E-state index in [-0.39, 0.29) is 25.2 Å². The molecule has 0 bridgehead atoms. The first-order chi connectivity index (χ1) is 33.6. The van der Waals surface area contributed by atoms with Crippen molar-refractivity contribution in [2.75, 3.05) is 19.8 Å². The second-order valence-electron chi connectivity index (χ2n) is 18.8. The van der Waals surface area contributed by atoms with E-state index < -0.39 is 6.10 Å². The Morgan fingerprint density at radius 3 is 1.12 bits per heavy atom. The van der Waals surface area contributed by atoms with Gasteiger partial charge in [-0.3, -0.25) is 9.59 Å². The molecule has 1 unspecified atom stereocenters. The lowest BCUT2D eigenvalue weighted by Gasteiger charge is -2.18. The molecule has 0 radical (unpaired) electrons. The SMILES string of the molecule is CC/C=C\C/C=C\C/C=C\C/C=C\CCC(=O)OC(COCCCCCCCCCCCC/C=C\C/C=C\CCCCC)COC(=O)CCCCCCCCCCC/C=C\C/C=C\CCCCC. The minimum Gasteiger partial charge on any atom is -0.462 e. The third kappa shape index (κ3) is 55.4. The average Bonchev–Trinajstić information content (AvgIpc) is 3.34. The van der Waals surface area contributed by atoms with Crippen LogP contribution in [0.5, 0.6) is 0 Å². The van der Waals surface area contributed by atoms with Crippen molar-refractivity contribution in [1.29, 1.82) is 0 Å². The lowest BCUT2D eigenvalue weighted by molar-refractivity contribution is -0.162. The molecule has 0 heterocycles. The second kappa shape index (κ2) is 58.1. The minimum atomic E-state index is -0.583. The molecule has 0 spiro atoms. The van der Waals surface area contributed by atoms with Crippen LogP contribution in [-0.4, -0.2) is 37.9 Å². The standard InChI is InChI=1S/C63H108O5/c1-4-7-10-13-16-19-22-25-27-29-31-33-35-37-40-43-46-49-52-55-58-66-59-61(68-63(65)57-54-51-48-45-42-38-24-21-18-15-12-9-6-3)60-67-62(64)56-53-50-47-44-41-39-36-34-32-30-28-26-23-20-17-14-11-8-5-2/h9,12,16-21,25-28,38,42,48,51,61H,4-8,10-11,13-15,22-24,29-37,39-41,43-47,49-50,52-60H2,1-3H3/b12-9-,19-16-,20-17-,21-18-,27-25-,28-26-,42-38-,51-48-. The maximum Gasteiger partial charge on any atom is 0.306 e. The predicted octanol–water partition coefficient (Wildman–Crippen LogP) is 19.8. The van der Waals surface area contributed by atoms with Crippen LogP contribution in [0, 0.1) is 0 Å². The fourth-order valence-electron chi connectivity index (χ4n) is 7.82. The molecular weight excluding hydrogens is 837 g/mol. The molecule has 0 aromatic heterocycles. The molecule has 0 saturated heterocycles. The molecule has 0 aromatic rings. The molecule has 1 atom stereocenters. The van der Waals surface area contributed by atoms with E-state index in [0.29, 0.717) is 25.9 Å². The van der Waals surface area contributed by atoms with Crippen LogP contribution in [0.2, 0.25) is 0 Å². The zero-order valence-corrected chi connectivity index (χ0v) is 44.8. The van der Waals surface area contributed by atoms with Gasteiger partial charge in [0.2, 0.25) is 0 Å². The Bertz CT molecular complexity index is 1300. The van der Waals surface area contributed by atoms with Gasteiger partial charge in [0.25, 0.3) is 0 Å². The topological polar surface area (TPSA) is 61.8 Å². The number of unbranched alkanes of at least 4 members (excludes halogenated alkanes) is 25. The fourth-order valence-corrected chi connectivity index (χ4v) is 7.82. The zero-order chi connectivity index (χ0) is 49.2. The summed E-state index contributed by atoms with van der Waals surface area (Å²) in [6.45, 7) is 7.59. The summed E-state index contributed by atoms with van der Waals surface area (Å²) in [6.07, 6.45) is 78.7. The highest BCUT2D eigenvalue weighted by atomic mass is 16.6. The molecule has 390 valence electrons. The summed E-state index contributed by atoms with van der Waals surface area (Å²) in [4.78, 5) is 25.5. The number of carbonyl (C=O) groups excluding carboxylic acids is 2. The van der Waals surface area contributed by atoms with Crippen molar-refractivity contribution in [3.05, 3.63) is 97.2 Å². The molecule has 5 heteroatoms. The number of esters is 2. The third-order valence-electron chi connectivity index (χ3n) is 12.1. The van der Waals surface area contributed by atoms with Gasteiger partial charge in [-0.05, 0) is 109 Å². The van der Waals surface area contributed by atoms with E-state index in [4.69, 9.17) is 14.2 Å². The van der Waals surface area contributed by atoms with Crippen LogP contribution in [0.1, 0.15) is 265 Å². The minimum absolute atomic E-state index is 0.0497. The lowest BCUT2D eigenvalue weighted by atomic mass is 10.1. The lowest BCUT2D eigenvalue weighted by Crippen LogP contribution is -2.30. The first kappa shape index (κ1) is 64.8. The molecule has 0 aromatic carbocycles. The van der Waals surface area contributed by atoms with Crippen molar-refractivity contribution < 1.29 is 23.8 Å². The van der Waals surface area contributed by atoms with Gasteiger partial charge in [0.05, 0.1) is 6.61 Å². The van der Waals surface area contributed by atoms with Crippen LogP contribution in [-0.2, 0) is 23.8 Å². The Hall–Kier alpha value is -3.18. The van der Waals surface area contributed by atoms with E-state index in [1.807, 2.05) is 6.08 Å². The van der Waals surface area contributed by atoms with Gasteiger partial charge >= 0.3 is 11.9 Å². The van der Waals surface area contributed by atoms with Crippen molar-refractivity contribution in [3.63, 3.8) is 0 Å². The summed E-state index contributed by atoms with van der Waals surface area (Å²) in [7, 11) is 0. The van der Waals surface area contributed by atoms with E-state index in [2.05, 4.69) is 112 Å². The molecule has 0 aliphatic carbocycles. The Balaban J connectivity index is 4.31. The summed E-state index contributed by atoms with van der Waals surface area (Å²) in [5.41, 5.74) is 0. The number of rotatable bonds is 52. The quantitative estimate of drug-likeness (QED) is 0.0345. The Labute approximate surface area is 422 Å². The van der Waals surface area contributed by atoms with Crippen molar-refractivity contribution in [3.8, 4) is 0 Å². The van der Waals surface area contributed by atoms with Gasteiger partial charge in [0, 0.05) is 19.4 Å². The zero-order valence-electron chi connectivity index (χ0n) is 44.8. The van der Waals surface area contributed by atoms with E-state index in [9.17, 15) is 9.59 Å². The number of hydrogen-bond donors (Lipinski definition) is 0. The highest BCUT2D eigenvalue weighted by Crippen LogP contribution is 2.14. The molecule has 0 amide bonds. The highest BCUT2D eigenvalue weighted by molar-refractivity contribution is 5.70. The highest BCUT2D eigenvalue weighted by Gasteiger charge is 2.17. The average molecular weight is 946 g/mol. The molecular formula is C63H108O5. The Morgan fingerprint density at radius 1 is 0.338 bits per heavy atom. The van der Waals surface area contributed by atoms with E-state index in [1.165, 1.54) is 154 Å². The maximum absolute atomic E-state index is 12.8. The molecule has 0 N–H and O–H groups in total. The first-order valence-corrected chi connectivity index (χ1v) is 28.8. The maximum atomic E-state index is 12.8. The first-order valence-electron chi connectivity index (χ1n) is 28.8. The summed E-state index contributed by atoms with van der Waals surface area (Å²) < 4.78 is 17.4. The normalized spacial score (nSPS) is 12.9. The number of allylic oxidation sites excluding steroid dienone is 16. The number of hydrogen-bond acceptors (Lipinski definition) is 5. The van der Waals surface area contributed by atoms with E-state index in [1.54, 1.807) is 0 Å². The summed E-state index contributed by atoms with van der Waals surface area (Å²) in [5.74, 6) is -0.495. The smallest absolute Gasteiger partial charge is 0.306 e. The molecule has 0 saturated carbocycles. The van der Waals surface area contributed by atoms with Crippen molar-refractivity contribution >= 4 is 11.9 Å².